The Kier molecular flexibility index (Phi) is 3.50. The molecule has 4 aliphatic carbocycles. The van der Waals surface area contributed by atoms with Gasteiger partial charge < -0.3 is 9.47 Å². The third-order valence-corrected chi connectivity index (χ3v) is 9.31. The summed E-state index contributed by atoms with van der Waals surface area (Å²) in [7, 11) is 0. The zero-order valence-electron chi connectivity index (χ0n) is 16.8. The lowest BCUT2D eigenvalue weighted by Crippen LogP contribution is -2.62. The summed E-state index contributed by atoms with van der Waals surface area (Å²) in [5.74, 6) is 2.08. The molecule has 0 spiro atoms. The average molecular weight is 359 g/mol. The second-order valence-corrected chi connectivity index (χ2v) is 10.8. The highest BCUT2D eigenvalue weighted by atomic mass is 16.8. The largest absolute Gasteiger partial charge is 0.344 e. The van der Waals surface area contributed by atoms with E-state index in [2.05, 4.69) is 34.3 Å². The maximum absolute atomic E-state index is 12.3. The molecule has 1 saturated heterocycles. The lowest BCUT2D eigenvalue weighted by molar-refractivity contribution is -0.175. The van der Waals surface area contributed by atoms with Gasteiger partial charge in [0, 0.05) is 18.8 Å². The van der Waals surface area contributed by atoms with E-state index in [0.717, 1.165) is 12.8 Å². The maximum atomic E-state index is 12.3. The first-order valence-electron chi connectivity index (χ1n) is 10.7. The summed E-state index contributed by atoms with van der Waals surface area (Å²) in [6.07, 6.45) is 7.65. The highest BCUT2D eigenvalue weighted by molar-refractivity contribution is 5.79. The molecule has 0 aromatic heterocycles. The minimum absolute atomic E-state index is 0.0803. The number of rotatable bonds is 0. The van der Waals surface area contributed by atoms with E-state index in [4.69, 9.17) is 9.47 Å². The molecule has 144 valence electrons. The summed E-state index contributed by atoms with van der Waals surface area (Å²) in [5, 5.41) is 0. The van der Waals surface area contributed by atoms with Gasteiger partial charge in [-0.05, 0) is 74.5 Å². The van der Waals surface area contributed by atoms with Crippen molar-refractivity contribution in [3.05, 3.63) is 12.2 Å². The number of allylic oxidation sites excluding steroid dienone is 1. The number of ether oxygens (including phenoxy) is 2. The fourth-order valence-electron chi connectivity index (χ4n) is 7.88. The summed E-state index contributed by atoms with van der Waals surface area (Å²) in [4.78, 5) is 12.3. The van der Waals surface area contributed by atoms with Crippen LogP contribution in [0, 0.1) is 34.5 Å². The van der Waals surface area contributed by atoms with Gasteiger partial charge in [0.25, 0.3) is 0 Å². The number of carbonyl (C=O) groups excluding carboxylic acids is 1. The molecule has 5 fully saturated rings. The third kappa shape index (κ3) is 2.11. The van der Waals surface area contributed by atoms with Crippen LogP contribution < -0.4 is 0 Å². The van der Waals surface area contributed by atoms with Gasteiger partial charge in [0.2, 0.25) is 0 Å². The molecule has 0 bridgehead atoms. The van der Waals surface area contributed by atoms with Gasteiger partial charge in [-0.15, -0.1) is 0 Å². The molecule has 1 heterocycles. The van der Waals surface area contributed by atoms with Crippen molar-refractivity contribution in [2.45, 2.75) is 90.6 Å². The zero-order chi connectivity index (χ0) is 18.5. The van der Waals surface area contributed by atoms with Crippen LogP contribution in [0.3, 0.4) is 0 Å². The van der Waals surface area contributed by atoms with Crippen LogP contribution >= 0.6 is 0 Å². The number of hydrogen-bond acceptors (Lipinski definition) is 3. The average Bonchev–Trinajstić information content (AvgIpc) is 3.05. The lowest BCUT2D eigenvalue weighted by Gasteiger charge is -2.62. The molecule has 0 aromatic carbocycles. The Bertz CT molecular complexity index is 666. The smallest absolute Gasteiger partial charge is 0.163 e. The summed E-state index contributed by atoms with van der Waals surface area (Å²) >= 11 is 0. The molecule has 3 heteroatoms. The van der Waals surface area contributed by atoms with E-state index < -0.39 is 5.79 Å². The second-order valence-electron chi connectivity index (χ2n) is 10.8. The fraction of sp³-hybridized carbons (Fsp3) is 0.870. The molecule has 0 radical (unpaired) electrons. The normalized spacial score (nSPS) is 55.1. The van der Waals surface area contributed by atoms with Crippen molar-refractivity contribution in [1.82, 2.24) is 0 Å². The third-order valence-electron chi connectivity index (χ3n) is 9.31. The standard InChI is InChI=1S/C23H34O3/c1-13-6-7-15-18-16(9-11-22(13,15)4)23(5)10-8-14(24)12-17(23)19-20(18)26-21(2,3)25-19/h15-20H,1,6-12H2,2-5H3/t15?,16-,17+,18?,19+,20+,22+,23+/m0/s1. The van der Waals surface area contributed by atoms with Crippen molar-refractivity contribution in [3.8, 4) is 0 Å². The van der Waals surface area contributed by atoms with E-state index in [0.29, 0.717) is 35.9 Å². The molecule has 5 aliphatic rings. The quantitative estimate of drug-likeness (QED) is 0.578. The fourth-order valence-corrected chi connectivity index (χ4v) is 7.88. The first-order chi connectivity index (χ1) is 12.2. The van der Waals surface area contributed by atoms with Gasteiger partial charge in [-0.25, -0.2) is 0 Å². The molecule has 0 aromatic rings. The van der Waals surface area contributed by atoms with Crippen molar-refractivity contribution < 1.29 is 14.3 Å². The van der Waals surface area contributed by atoms with E-state index in [1.165, 1.54) is 31.3 Å². The Morgan fingerprint density at radius 3 is 2.42 bits per heavy atom. The lowest BCUT2D eigenvalue weighted by atomic mass is 9.44. The maximum Gasteiger partial charge on any atom is 0.163 e. The van der Waals surface area contributed by atoms with Crippen LogP contribution in [0.2, 0.25) is 0 Å². The van der Waals surface area contributed by atoms with Crippen molar-refractivity contribution in [2.24, 2.45) is 34.5 Å². The van der Waals surface area contributed by atoms with Crippen LogP contribution in [0.4, 0.5) is 0 Å². The molecule has 1 aliphatic heterocycles. The van der Waals surface area contributed by atoms with E-state index in [9.17, 15) is 4.79 Å². The van der Waals surface area contributed by atoms with Crippen LogP contribution in [0.25, 0.3) is 0 Å². The number of hydrogen-bond donors (Lipinski definition) is 0. The Labute approximate surface area is 157 Å². The minimum Gasteiger partial charge on any atom is -0.344 e. The summed E-state index contributed by atoms with van der Waals surface area (Å²) < 4.78 is 13.1. The van der Waals surface area contributed by atoms with Gasteiger partial charge in [0.1, 0.15) is 5.78 Å². The molecule has 2 unspecified atom stereocenters. The van der Waals surface area contributed by atoms with Crippen molar-refractivity contribution in [3.63, 3.8) is 0 Å². The highest BCUT2D eigenvalue weighted by Crippen LogP contribution is 2.68. The van der Waals surface area contributed by atoms with Gasteiger partial charge in [0.05, 0.1) is 12.2 Å². The molecule has 5 rings (SSSR count). The Balaban J connectivity index is 1.61. The summed E-state index contributed by atoms with van der Waals surface area (Å²) in [6, 6.07) is 0. The topological polar surface area (TPSA) is 35.5 Å². The van der Waals surface area contributed by atoms with Crippen LogP contribution in [0.5, 0.6) is 0 Å². The van der Waals surface area contributed by atoms with Gasteiger partial charge in [-0.3, -0.25) is 4.79 Å². The van der Waals surface area contributed by atoms with Crippen LogP contribution in [-0.4, -0.2) is 23.8 Å². The van der Waals surface area contributed by atoms with Gasteiger partial charge in [-0.1, -0.05) is 26.0 Å². The predicted molar refractivity (Wildman–Crippen MR) is 100 cm³/mol. The van der Waals surface area contributed by atoms with Crippen LogP contribution in [0.15, 0.2) is 12.2 Å². The molecular weight excluding hydrogens is 324 g/mol. The van der Waals surface area contributed by atoms with E-state index in [-0.39, 0.29) is 23.0 Å². The van der Waals surface area contributed by atoms with Crippen molar-refractivity contribution in [2.75, 3.05) is 0 Å². The van der Waals surface area contributed by atoms with Gasteiger partial charge in [0.15, 0.2) is 5.79 Å². The first-order valence-corrected chi connectivity index (χ1v) is 10.7. The summed E-state index contributed by atoms with van der Waals surface area (Å²) in [5.41, 5.74) is 1.95. The van der Waals surface area contributed by atoms with Crippen LogP contribution in [0.1, 0.15) is 72.6 Å². The van der Waals surface area contributed by atoms with Gasteiger partial charge in [-0.2, -0.15) is 0 Å². The summed E-state index contributed by atoms with van der Waals surface area (Å²) in [6.45, 7) is 13.5. The van der Waals surface area contributed by atoms with Gasteiger partial charge >= 0.3 is 0 Å². The Morgan fingerprint density at radius 2 is 1.65 bits per heavy atom. The predicted octanol–water partition coefficient (Wildman–Crippen LogP) is 4.89. The highest BCUT2D eigenvalue weighted by Gasteiger charge is 2.67. The van der Waals surface area contributed by atoms with E-state index in [1.54, 1.807) is 0 Å². The first kappa shape index (κ1) is 17.4. The number of ketones is 1. The second kappa shape index (κ2) is 5.23. The molecule has 0 N–H and O–H groups in total. The molecular formula is C23H34O3. The molecule has 4 saturated carbocycles. The van der Waals surface area contributed by atoms with Crippen molar-refractivity contribution in [1.29, 1.82) is 0 Å². The molecule has 26 heavy (non-hydrogen) atoms. The SMILES string of the molecule is C=C1CCC2C3[C@H]4OC(C)(C)O[C@@H]4[C@H]4CC(=O)CC[C@]4(C)[C@H]3CC[C@]12C. The molecule has 3 nitrogen and oxygen atoms in total. The number of Topliss-reactive ketones (excluding diaryl/α,β-unsaturated/α-hetero) is 1. The van der Waals surface area contributed by atoms with Crippen molar-refractivity contribution >= 4 is 5.78 Å². The molecule has 0 amide bonds. The van der Waals surface area contributed by atoms with E-state index in [1.807, 2.05) is 0 Å². The number of fused-ring (bicyclic) bond motifs is 8. The van der Waals surface area contributed by atoms with E-state index >= 15 is 0 Å². The zero-order valence-corrected chi connectivity index (χ0v) is 16.8. The van der Waals surface area contributed by atoms with Crippen LogP contribution in [-0.2, 0) is 14.3 Å². The monoisotopic (exact) mass is 358 g/mol. The molecule has 8 atom stereocenters. The Morgan fingerprint density at radius 1 is 0.923 bits per heavy atom. The number of carbonyl (C=O) groups is 1. The Hall–Kier alpha value is -0.670. The minimum atomic E-state index is -0.533.